The van der Waals surface area contributed by atoms with Gasteiger partial charge in [-0.15, -0.1) is 0 Å². The Hall–Kier alpha value is -2.70. The van der Waals surface area contributed by atoms with E-state index in [1.54, 1.807) is 6.20 Å². The van der Waals surface area contributed by atoms with Crippen LogP contribution in [0.1, 0.15) is 12.6 Å². The van der Waals surface area contributed by atoms with Gasteiger partial charge in [-0.1, -0.05) is 6.07 Å². The first-order valence-electron chi connectivity index (χ1n) is 6.62. The fraction of sp³-hybridized carbons (Fsp3) is 0.286. The summed E-state index contributed by atoms with van der Waals surface area (Å²) in [5.41, 5.74) is 0.851. The van der Waals surface area contributed by atoms with Crippen molar-refractivity contribution in [2.75, 3.05) is 18.5 Å². The van der Waals surface area contributed by atoms with E-state index in [9.17, 15) is 10.1 Å². The average Bonchev–Trinajstić information content (AvgIpc) is 2.48. The molecular weight excluding hydrogens is 272 g/mol. The molecule has 2 aromatic rings. The lowest BCUT2D eigenvalue weighted by molar-refractivity contribution is -0.384. The molecule has 0 aromatic carbocycles. The predicted octanol–water partition coefficient (Wildman–Crippen LogP) is 2.44. The fourth-order valence-electron chi connectivity index (χ4n) is 1.75. The van der Waals surface area contributed by atoms with Gasteiger partial charge in [-0.3, -0.25) is 15.1 Å². The molecule has 0 saturated carbocycles. The Morgan fingerprint density at radius 3 is 2.90 bits per heavy atom. The van der Waals surface area contributed by atoms with Crippen LogP contribution in [0.5, 0.6) is 5.88 Å². The molecule has 110 valence electrons. The summed E-state index contributed by atoms with van der Waals surface area (Å²) in [7, 11) is 0. The van der Waals surface area contributed by atoms with E-state index in [4.69, 9.17) is 4.74 Å². The van der Waals surface area contributed by atoms with E-state index < -0.39 is 4.92 Å². The number of nitrogens with one attached hydrogen (secondary N) is 1. The normalized spacial score (nSPS) is 10.1. The van der Waals surface area contributed by atoms with Crippen LogP contribution >= 0.6 is 0 Å². The van der Waals surface area contributed by atoms with Gasteiger partial charge in [0.2, 0.25) is 5.88 Å². The maximum absolute atomic E-state index is 10.9. The molecule has 0 unspecified atom stereocenters. The molecule has 0 amide bonds. The van der Waals surface area contributed by atoms with Crippen molar-refractivity contribution in [2.45, 2.75) is 13.3 Å². The van der Waals surface area contributed by atoms with Crippen LogP contribution in [-0.4, -0.2) is 28.0 Å². The van der Waals surface area contributed by atoms with E-state index in [1.807, 2.05) is 25.1 Å². The quantitative estimate of drug-likeness (QED) is 0.621. The summed E-state index contributed by atoms with van der Waals surface area (Å²) in [6, 6.07) is 8.34. The molecule has 0 bridgehead atoms. The summed E-state index contributed by atoms with van der Waals surface area (Å²) in [5, 5.41) is 13.8. The number of rotatable bonds is 7. The lowest BCUT2D eigenvalue weighted by atomic mass is 10.3. The first-order chi connectivity index (χ1) is 10.2. The Balaban J connectivity index is 2.03. The Bertz CT molecular complexity index is 604. The zero-order chi connectivity index (χ0) is 15.1. The number of pyridine rings is 2. The molecule has 7 nitrogen and oxygen atoms in total. The molecule has 2 heterocycles. The minimum absolute atomic E-state index is 0.0474. The average molecular weight is 288 g/mol. The minimum atomic E-state index is -0.464. The van der Waals surface area contributed by atoms with E-state index >= 15 is 0 Å². The molecular formula is C14H16N4O3. The molecule has 0 spiro atoms. The molecule has 0 saturated heterocycles. The van der Waals surface area contributed by atoms with Crippen LogP contribution in [0.15, 0.2) is 36.5 Å². The predicted molar refractivity (Wildman–Crippen MR) is 78.5 cm³/mol. The number of nitro groups is 1. The highest BCUT2D eigenvalue weighted by molar-refractivity contribution is 5.48. The first-order valence-corrected chi connectivity index (χ1v) is 6.62. The van der Waals surface area contributed by atoms with Crippen molar-refractivity contribution in [3.63, 3.8) is 0 Å². The van der Waals surface area contributed by atoms with Gasteiger partial charge in [-0.05, 0) is 19.1 Å². The molecule has 21 heavy (non-hydrogen) atoms. The minimum Gasteiger partial charge on any atom is -0.477 e. The van der Waals surface area contributed by atoms with E-state index in [0.717, 1.165) is 5.69 Å². The lowest BCUT2D eigenvalue weighted by Crippen LogP contribution is -2.06. The molecule has 7 heteroatoms. The van der Waals surface area contributed by atoms with Crippen LogP contribution in [0.2, 0.25) is 0 Å². The third kappa shape index (κ3) is 4.41. The summed E-state index contributed by atoms with van der Waals surface area (Å²) in [4.78, 5) is 18.8. The van der Waals surface area contributed by atoms with Gasteiger partial charge in [-0.25, -0.2) is 0 Å². The van der Waals surface area contributed by atoms with Gasteiger partial charge < -0.3 is 10.1 Å². The monoisotopic (exact) mass is 288 g/mol. The number of anilines is 1. The van der Waals surface area contributed by atoms with Gasteiger partial charge in [0.05, 0.1) is 23.7 Å². The highest BCUT2D eigenvalue weighted by Crippen LogP contribution is 2.22. The van der Waals surface area contributed by atoms with E-state index in [-0.39, 0.29) is 11.6 Å². The Morgan fingerprint density at radius 1 is 1.38 bits per heavy atom. The van der Waals surface area contributed by atoms with Crippen LogP contribution in [0.3, 0.4) is 0 Å². The summed E-state index contributed by atoms with van der Waals surface area (Å²) >= 11 is 0. The van der Waals surface area contributed by atoms with Gasteiger partial charge >= 0.3 is 0 Å². The van der Waals surface area contributed by atoms with Crippen LogP contribution in [0, 0.1) is 10.1 Å². The van der Waals surface area contributed by atoms with Crippen LogP contribution in [0.25, 0.3) is 0 Å². The zero-order valence-electron chi connectivity index (χ0n) is 11.7. The van der Waals surface area contributed by atoms with Crippen LogP contribution in [0.4, 0.5) is 11.5 Å². The molecule has 2 rings (SSSR count). The summed E-state index contributed by atoms with van der Waals surface area (Å²) in [6.45, 7) is 2.88. The standard InChI is InChI=1S/C14H16N4O3/c1-2-15-13-9-12(18(19)20)10-14(17-13)21-8-6-11-5-3-4-7-16-11/h3-5,7,9-10H,2,6,8H2,1H3,(H,15,17). The smallest absolute Gasteiger partial charge is 0.278 e. The highest BCUT2D eigenvalue weighted by Gasteiger charge is 2.11. The van der Waals surface area contributed by atoms with E-state index in [1.165, 1.54) is 12.1 Å². The Kier molecular flexibility index (Phi) is 5.03. The highest BCUT2D eigenvalue weighted by atomic mass is 16.6. The Morgan fingerprint density at radius 2 is 2.24 bits per heavy atom. The maximum atomic E-state index is 10.9. The van der Waals surface area contributed by atoms with Crippen LogP contribution in [-0.2, 0) is 6.42 Å². The number of hydrogen-bond donors (Lipinski definition) is 1. The SMILES string of the molecule is CCNc1cc([N+](=O)[O-])cc(OCCc2ccccn2)n1. The summed E-state index contributed by atoms with van der Waals surface area (Å²) in [5.74, 6) is 0.663. The molecule has 2 aromatic heterocycles. The van der Waals surface area contributed by atoms with E-state index in [0.29, 0.717) is 25.4 Å². The summed E-state index contributed by atoms with van der Waals surface area (Å²) < 4.78 is 5.49. The molecule has 0 atom stereocenters. The molecule has 0 aliphatic heterocycles. The topological polar surface area (TPSA) is 90.2 Å². The third-order valence-corrected chi connectivity index (χ3v) is 2.69. The second kappa shape index (κ2) is 7.18. The van der Waals surface area contributed by atoms with Gasteiger partial charge in [0.1, 0.15) is 5.82 Å². The van der Waals surface area contributed by atoms with Gasteiger partial charge in [0.25, 0.3) is 5.69 Å². The number of nitrogens with zero attached hydrogens (tertiary/aromatic N) is 3. The van der Waals surface area contributed by atoms with Gasteiger partial charge in [0, 0.05) is 24.9 Å². The largest absolute Gasteiger partial charge is 0.477 e. The zero-order valence-corrected chi connectivity index (χ0v) is 11.7. The van der Waals surface area contributed by atoms with Crippen molar-refractivity contribution in [2.24, 2.45) is 0 Å². The van der Waals surface area contributed by atoms with Crippen molar-refractivity contribution in [1.29, 1.82) is 0 Å². The number of ether oxygens (including phenoxy) is 1. The lowest BCUT2D eigenvalue weighted by Gasteiger charge is -2.08. The third-order valence-electron chi connectivity index (χ3n) is 2.69. The molecule has 0 aliphatic carbocycles. The molecule has 1 N–H and O–H groups in total. The van der Waals surface area contributed by atoms with Crippen LogP contribution < -0.4 is 10.1 Å². The molecule has 0 aliphatic rings. The van der Waals surface area contributed by atoms with Crippen molar-refractivity contribution in [3.8, 4) is 5.88 Å². The fourth-order valence-corrected chi connectivity index (χ4v) is 1.75. The number of aromatic nitrogens is 2. The van der Waals surface area contributed by atoms with Crippen molar-refractivity contribution in [3.05, 3.63) is 52.3 Å². The maximum Gasteiger partial charge on any atom is 0.278 e. The first kappa shape index (κ1) is 14.7. The van der Waals surface area contributed by atoms with E-state index in [2.05, 4.69) is 15.3 Å². The summed E-state index contributed by atoms with van der Waals surface area (Å²) in [6.07, 6.45) is 2.33. The van der Waals surface area contributed by atoms with Crippen molar-refractivity contribution < 1.29 is 9.66 Å². The second-order valence-electron chi connectivity index (χ2n) is 4.26. The van der Waals surface area contributed by atoms with Gasteiger partial charge in [0.15, 0.2) is 0 Å². The van der Waals surface area contributed by atoms with Crippen molar-refractivity contribution in [1.82, 2.24) is 9.97 Å². The van der Waals surface area contributed by atoms with Gasteiger partial charge in [-0.2, -0.15) is 4.98 Å². The second-order valence-corrected chi connectivity index (χ2v) is 4.26. The molecule has 0 fully saturated rings. The molecule has 0 radical (unpaired) electrons. The Labute approximate surface area is 122 Å². The van der Waals surface area contributed by atoms with Crippen molar-refractivity contribution >= 4 is 11.5 Å². The number of hydrogen-bond acceptors (Lipinski definition) is 6.